The van der Waals surface area contributed by atoms with Gasteiger partial charge in [-0.3, -0.25) is 4.79 Å². The Labute approximate surface area is 171 Å². The van der Waals surface area contributed by atoms with Crippen LogP contribution in [-0.2, 0) is 6.42 Å². The van der Waals surface area contributed by atoms with Crippen LogP contribution in [0.1, 0.15) is 5.56 Å². The third-order valence-electron chi connectivity index (χ3n) is 3.72. The molecule has 0 spiro atoms. The average molecular weight is 502 g/mol. The Hall–Kier alpha value is -2.63. The first kappa shape index (κ1) is 20.1. The van der Waals surface area contributed by atoms with Crippen molar-refractivity contribution in [3.05, 3.63) is 60.4 Å². The van der Waals surface area contributed by atoms with Crippen LogP contribution in [0.15, 0.2) is 54.9 Å². The van der Waals surface area contributed by atoms with Crippen molar-refractivity contribution in [2.75, 3.05) is 6.54 Å². The highest BCUT2D eigenvalue weighted by Crippen LogP contribution is 2.24. The summed E-state index contributed by atoms with van der Waals surface area (Å²) in [6.07, 6.45) is -2.53. The number of benzene rings is 2. The van der Waals surface area contributed by atoms with Gasteiger partial charge in [0.05, 0.1) is 5.69 Å². The second kappa shape index (κ2) is 8.59. The predicted octanol–water partition coefficient (Wildman–Crippen LogP) is 4.52. The van der Waals surface area contributed by atoms with Crippen molar-refractivity contribution >= 4 is 26.5 Å². The lowest BCUT2D eigenvalue weighted by atomic mass is 10.1. The zero-order valence-electron chi connectivity index (χ0n) is 14.3. The summed E-state index contributed by atoms with van der Waals surface area (Å²) in [6, 6.07) is 13.0. The first-order valence-electron chi connectivity index (χ1n) is 8.11. The van der Waals surface area contributed by atoms with Crippen LogP contribution < -0.4 is 10.1 Å². The van der Waals surface area contributed by atoms with Crippen molar-refractivity contribution in [1.82, 2.24) is 20.1 Å². The van der Waals surface area contributed by atoms with Crippen LogP contribution in [0, 0.1) is 0 Å². The van der Waals surface area contributed by atoms with Crippen molar-refractivity contribution in [3.63, 3.8) is 0 Å². The van der Waals surface area contributed by atoms with E-state index in [4.69, 9.17) is 0 Å². The lowest BCUT2D eigenvalue weighted by Gasteiger charge is -2.09. The SMILES string of the molecule is O=C(I)NCCc1ccc(-c2ncn(-c3ccc(OC(F)(F)F)cc3)n2)cc1. The molecule has 0 radical (unpaired) electrons. The second-order valence-electron chi connectivity index (χ2n) is 5.70. The zero-order chi connectivity index (χ0) is 20.1. The first-order valence-corrected chi connectivity index (χ1v) is 9.18. The number of hydrogen-bond acceptors (Lipinski definition) is 4. The highest BCUT2D eigenvalue weighted by molar-refractivity contribution is 14.1. The smallest absolute Gasteiger partial charge is 0.406 e. The average Bonchev–Trinajstić information content (AvgIpc) is 3.11. The number of amides is 1. The molecule has 0 aliphatic heterocycles. The van der Waals surface area contributed by atoms with Crippen LogP contribution in [-0.4, -0.2) is 31.6 Å². The van der Waals surface area contributed by atoms with E-state index < -0.39 is 6.36 Å². The molecule has 1 N–H and O–H groups in total. The predicted molar refractivity (Wildman–Crippen MR) is 105 cm³/mol. The van der Waals surface area contributed by atoms with E-state index in [1.165, 1.54) is 35.3 Å². The minimum absolute atomic E-state index is 0.0954. The molecule has 1 amide bonds. The molecule has 0 aliphatic rings. The summed E-state index contributed by atoms with van der Waals surface area (Å²) >= 11 is 1.69. The number of nitrogens with one attached hydrogen (secondary N) is 1. The number of aromatic nitrogens is 3. The molecule has 0 unspecified atom stereocenters. The van der Waals surface area contributed by atoms with Crippen LogP contribution in [0.4, 0.5) is 18.0 Å². The Kier molecular flexibility index (Phi) is 6.17. The van der Waals surface area contributed by atoms with Gasteiger partial charge in [0.2, 0.25) is 0 Å². The number of ether oxygens (including phenoxy) is 1. The molecule has 0 aliphatic carbocycles. The van der Waals surface area contributed by atoms with Crippen molar-refractivity contribution in [2.24, 2.45) is 0 Å². The monoisotopic (exact) mass is 502 g/mol. The molecule has 2 aromatic carbocycles. The van der Waals surface area contributed by atoms with Crippen LogP contribution in [0.5, 0.6) is 5.75 Å². The van der Waals surface area contributed by atoms with Gasteiger partial charge < -0.3 is 10.1 Å². The van der Waals surface area contributed by atoms with Gasteiger partial charge in [-0.15, -0.1) is 18.3 Å². The topological polar surface area (TPSA) is 69.0 Å². The van der Waals surface area contributed by atoms with E-state index >= 15 is 0 Å². The molecule has 3 aromatic rings. The molecule has 0 saturated heterocycles. The zero-order valence-corrected chi connectivity index (χ0v) is 16.4. The summed E-state index contributed by atoms with van der Waals surface area (Å²) in [5, 5.41) is 7.08. The van der Waals surface area contributed by atoms with E-state index in [0.717, 1.165) is 11.1 Å². The van der Waals surface area contributed by atoms with Crippen molar-refractivity contribution in [2.45, 2.75) is 12.8 Å². The molecular formula is C18H14F3IN4O2. The van der Waals surface area contributed by atoms with E-state index in [2.05, 4.69) is 20.1 Å². The number of rotatable bonds is 6. The summed E-state index contributed by atoms with van der Waals surface area (Å²) in [6.45, 7) is 0.558. The number of hydrogen-bond donors (Lipinski definition) is 1. The highest BCUT2D eigenvalue weighted by atomic mass is 127. The number of alkyl halides is 3. The Morgan fingerprint density at radius 3 is 2.39 bits per heavy atom. The largest absolute Gasteiger partial charge is 0.573 e. The highest BCUT2D eigenvalue weighted by Gasteiger charge is 2.30. The molecule has 0 saturated carbocycles. The molecule has 3 rings (SSSR count). The molecule has 0 bridgehead atoms. The Morgan fingerprint density at radius 2 is 1.79 bits per heavy atom. The van der Waals surface area contributed by atoms with Gasteiger partial charge in [0, 0.05) is 34.7 Å². The number of carbonyl (C=O) groups excluding carboxylic acids is 1. The lowest BCUT2D eigenvalue weighted by molar-refractivity contribution is -0.274. The maximum absolute atomic E-state index is 12.2. The molecule has 28 heavy (non-hydrogen) atoms. The van der Waals surface area contributed by atoms with E-state index in [9.17, 15) is 18.0 Å². The Bertz CT molecular complexity index is 941. The lowest BCUT2D eigenvalue weighted by Crippen LogP contribution is -2.18. The van der Waals surface area contributed by atoms with Gasteiger partial charge in [0.25, 0.3) is 3.91 Å². The molecule has 1 aromatic heterocycles. The maximum atomic E-state index is 12.2. The van der Waals surface area contributed by atoms with Gasteiger partial charge in [0.1, 0.15) is 12.1 Å². The van der Waals surface area contributed by atoms with Gasteiger partial charge in [-0.2, -0.15) is 0 Å². The maximum Gasteiger partial charge on any atom is 0.573 e. The molecule has 0 atom stereocenters. The third kappa shape index (κ3) is 5.68. The molecule has 0 fully saturated rings. The van der Waals surface area contributed by atoms with Crippen molar-refractivity contribution in [1.29, 1.82) is 0 Å². The fourth-order valence-corrected chi connectivity index (χ4v) is 2.72. The van der Waals surface area contributed by atoms with E-state index in [1.807, 2.05) is 24.3 Å². The Balaban J connectivity index is 1.67. The van der Waals surface area contributed by atoms with Crippen LogP contribution >= 0.6 is 22.6 Å². The summed E-state index contributed by atoms with van der Waals surface area (Å²) in [4.78, 5) is 15.1. The molecule has 146 valence electrons. The standard InChI is InChI=1S/C18H14F3IN4O2/c19-18(20,21)28-15-7-5-14(6-8-15)26-11-24-16(25-26)13-3-1-12(2-4-13)9-10-23-17(22)27/h1-8,11H,9-10H2,(H,23,27). The fourth-order valence-electron chi connectivity index (χ4n) is 2.45. The molecule has 1 heterocycles. The first-order chi connectivity index (χ1) is 13.3. The van der Waals surface area contributed by atoms with Gasteiger partial charge in [-0.05, 0) is 36.2 Å². The molecule has 10 heteroatoms. The normalized spacial score (nSPS) is 11.3. The van der Waals surface area contributed by atoms with Crippen LogP contribution in [0.25, 0.3) is 17.1 Å². The summed E-state index contributed by atoms with van der Waals surface area (Å²) in [7, 11) is 0. The van der Waals surface area contributed by atoms with Gasteiger partial charge in [0.15, 0.2) is 5.82 Å². The minimum atomic E-state index is -4.73. The Morgan fingerprint density at radius 1 is 1.11 bits per heavy atom. The van der Waals surface area contributed by atoms with E-state index in [0.29, 0.717) is 24.5 Å². The number of halogens is 4. The minimum Gasteiger partial charge on any atom is -0.406 e. The van der Waals surface area contributed by atoms with Crippen LogP contribution in [0.2, 0.25) is 0 Å². The van der Waals surface area contributed by atoms with E-state index in [-0.39, 0.29) is 9.66 Å². The van der Waals surface area contributed by atoms with Crippen molar-refractivity contribution in [3.8, 4) is 22.8 Å². The second-order valence-corrected chi connectivity index (χ2v) is 6.68. The fraction of sp³-hybridized carbons (Fsp3) is 0.167. The van der Waals surface area contributed by atoms with Gasteiger partial charge in [-0.1, -0.05) is 24.3 Å². The number of nitrogens with zero attached hydrogens (tertiary/aromatic N) is 3. The summed E-state index contributed by atoms with van der Waals surface area (Å²) in [5.41, 5.74) is 2.42. The van der Waals surface area contributed by atoms with Gasteiger partial charge >= 0.3 is 6.36 Å². The molecule has 6 nitrogen and oxygen atoms in total. The molecular weight excluding hydrogens is 488 g/mol. The third-order valence-corrected chi connectivity index (χ3v) is 4.10. The quantitative estimate of drug-likeness (QED) is 0.306. The van der Waals surface area contributed by atoms with E-state index in [1.54, 1.807) is 22.6 Å². The van der Waals surface area contributed by atoms with Crippen molar-refractivity contribution < 1.29 is 22.7 Å². The summed E-state index contributed by atoms with van der Waals surface area (Å²) in [5.74, 6) is 0.189. The summed E-state index contributed by atoms with van der Waals surface area (Å²) < 4.78 is 41.9. The van der Waals surface area contributed by atoms with Gasteiger partial charge in [-0.25, -0.2) is 9.67 Å². The van der Waals surface area contributed by atoms with Crippen LogP contribution in [0.3, 0.4) is 0 Å². The number of carbonyl (C=O) groups is 1.